The molecule has 0 aromatic carbocycles. The number of nitrogens with zero attached hydrogens (tertiary/aromatic N) is 1. The van der Waals surface area contributed by atoms with E-state index >= 15 is 0 Å². The average molecular weight is 239 g/mol. The molecule has 0 aliphatic rings. The summed E-state index contributed by atoms with van der Waals surface area (Å²) in [5, 5.41) is 3.44. The Morgan fingerprint density at radius 1 is 1.44 bits per heavy atom. The van der Waals surface area contributed by atoms with Gasteiger partial charge in [-0.25, -0.2) is 4.98 Å². The largest absolute Gasteiger partial charge is 0.384 e. The molecule has 3 nitrogen and oxygen atoms in total. The normalized spacial score (nSPS) is 11.4. The number of anilines is 2. The first kappa shape index (κ1) is 13.2. The molecule has 0 amide bonds. The van der Waals surface area contributed by atoms with E-state index in [1.807, 2.05) is 23.9 Å². The van der Waals surface area contributed by atoms with Gasteiger partial charge in [-0.05, 0) is 25.2 Å². The van der Waals surface area contributed by atoms with E-state index in [1.54, 1.807) is 6.20 Å². The number of thioether (sulfide) groups is 1. The fourth-order valence-electron chi connectivity index (χ4n) is 1.68. The molecule has 3 N–H and O–H groups in total. The Labute approximate surface area is 102 Å². The van der Waals surface area contributed by atoms with Crippen LogP contribution in [0, 0.1) is 0 Å². The van der Waals surface area contributed by atoms with Crippen LogP contribution in [-0.4, -0.2) is 22.5 Å². The fraction of sp³-hybridized carbons (Fsp3) is 0.583. The Hall–Kier alpha value is -0.900. The minimum Gasteiger partial charge on any atom is -0.384 e. The van der Waals surface area contributed by atoms with Gasteiger partial charge < -0.3 is 11.1 Å². The van der Waals surface area contributed by atoms with Crippen LogP contribution in [0.15, 0.2) is 18.3 Å². The summed E-state index contributed by atoms with van der Waals surface area (Å²) >= 11 is 1.93. The lowest BCUT2D eigenvalue weighted by molar-refractivity contribution is 0.575. The van der Waals surface area contributed by atoms with E-state index in [4.69, 9.17) is 5.73 Å². The maximum Gasteiger partial charge on any atom is 0.125 e. The molecular weight excluding hydrogens is 218 g/mol. The maximum absolute atomic E-state index is 5.64. The molecule has 1 heterocycles. The van der Waals surface area contributed by atoms with E-state index in [0.29, 0.717) is 10.6 Å². The molecule has 0 bridgehead atoms. The van der Waals surface area contributed by atoms with E-state index in [9.17, 15) is 0 Å². The SMILES string of the molecule is CCC(CC)(CNc1ccnc(N)c1)SC. The molecule has 0 atom stereocenters. The van der Waals surface area contributed by atoms with Crippen LogP contribution in [0.5, 0.6) is 0 Å². The Kier molecular flexibility index (Phi) is 4.93. The number of pyridine rings is 1. The summed E-state index contributed by atoms with van der Waals surface area (Å²) in [4.78, 5) is 3.98. The second-order valence-electron chi connectivity index (χ2n) is 3.92. The number of hydrogen-bond donors (Lipinski definition) is 2. The van der Waals surface area contributed by atoms with Crippen molar-refractivity contribution in [2.24, 2.45) is 0 Å². The van der Waals surface area contributed by atoms with Crippen molar-refractivity contribution in [1.82, 2.24) is 4.98 Å². The van der Waals surface area contributed by atoms with E-state index < -0.39 is 0 Å². The predicted octanol–water partition coefficient (Wildman–Crippen LogP) is 3.00. The van der Waals surface area contributed by atoms with Gasteiger partial charge in [0.15, 0.2) is 0 Å². The smallest absolute Gasteiger partial charge is 0.125 e. The lowest BCUT2D eigenvalue weighted by atomic mass is 10.0. The summed E-state index contributed by atoms with van der Waals surface area (Å²) in [7, 11) is 0. The van der Waals surface area contributed by atoms with Gasteiger partial charge in [0.25, 0.3) is 0 Å². The zero-order valence-corrected chi connectivity index (χ0v) is 11.1. The second kappa shape index (κ2) is 5.99. The first-order valence-electron chi connectivity index (χ1n) is 5.66. The van der Waals surface area contributed by atoms with E-state index in [-0.39, 0.29) is 0 Å². The van der Waals surface area contributed by atoms with Crippen LogP contribution in [0.1, 0.15) is 26.7 Å². The van der Waals surface area contributed by atoms with E-state index in [2.05, 4.69) is 30.4 Å². The minimum absolute atomic E-state index is 0.317. The van der Waals surface area contributed by atoms with Crippen LogP contribution in [0.25, 0.3) is 0 Å². The van der Waals surface area contributed by atoms with Gasteiger partial charge in [0.05, 0.1) is 0 Å². The molecular formula is C12H21N3S. The molecule has 1 rings (SSSR count). The van der Waals surface area contributed by atoms with Crippen molar-refractivity contribution in [3.8, 4) is 0 Å². The summed E-state index contributed by atoms with van der Waals surface area (Å²) in [5.74, 6) is 0.563. The topological polar surface area (TPSA) is 50.9 Å². The first-order chi connectivity index (χ1) is 7.65. The molecule has 1 aromatic rings. The van der Waals surface area contributed by atoms with Gasteiger partial charge >= 0.3 is 0 Å². The third kappa shape index (κ3) is 3.30. The minimum atomic E-state index is 0.317. The maximum atomic E-state index is 5.64. The molecule has 0 unspecified atom stereocenters. The van der Waals surface area contributed by atoms with Gasteiger partial charge in [0, 0.05) is 29.2 Å². The average Bonchev–Trinajstić information content (AvgIpc) is 2.32. The lowest BCUT2D eigenvalue weighted by Gasteiger charge is -2.30. The van der Waals surface area contributed by atoms with Crippen molar-refractivity contribution < 1.29 is 0 Å². The van der Waals surface area contributed by atoms with E-state index in [0.717, 1.165) is 25.1 Å². The number of rotatable bonds is 6. The van der Waals surface area contributed by atoms with Crippen LogP contribution >= 0.6 is 11.8 Å². The van der Waals surface area contributed by atoms with E-state index in [1.165, 1.54) is 0 Å². The predicted molar refractivity (Wildman–Crippen MR) is 74.0 cm³/mol. The third-order valence-corrected chi connectivity index (χ3v) is 4.71. The quantitative estimate of drug-likeness (QED) is 0.801. The van der Waals surface area contributed by atoms with Crippen molar-refractivity contribution in [3.05, 3.63) is 18.3 Å². The summed E-state index contributed by atoms with van der Waals surface area (Å²) in [5.41, 5.74) is 6.69. The van der Waals surface area contributed by atoms with Crippen molar-refractivity contribution in [2.75, 3.05) is 23.9 Å². The molecule has 1 aromatic heterocycles. The first-order valence-corrected chi connectivity index (χ1v) is 6.89. The van der Waals surface area contributed by atoms with Gasteiger partial charge in [0.1, 0.15) is 5.82 Å². The molecule has 4 heteroatoms. The Bertz CT molecular complexity index is 316. The van der Waals surface area contributed by atoms with Gasteiger partial charge in [-0.1, -0.05) is 13.8 Å². The van der Waals surface area contributed by atoms with Gasteiger partial charge in [0.2, 0.25) is 0 Å². The molecule has 0 saturated heterocycles. The lowest BCUT2D eigenvalue weighted by Crippen LogP contribution is -2.31. The zero-order valence-electron chi connectivity index (χ0n) is 10.3. The molecule has 0 aliphatic heterocycles. The second-order valence-corrected chi connectivity index (χ2v) is 5.19. The Morgan fingerprint density at radius 3 is 2.62 bits per heavy atom. The Balaban J connectivity index is 2.62. The molecule has 0 fully saturated rings. The summed E-state index contributed by atoms with van der Waals surface area (Å²) in [6.07, 6.45) is 6.24. The summed E-state index contributed by atoms with van der Waals surface area (Å²) in [6.45, 7) is 5.44. The summed E-state index contributed by atoms with van der Waals surface area (Å²) in [6, 6.07) is 3.82. The number of nitrogens with one attached hydrogen (secondary N) is 1. The standard InChI is InChI=1S/C12H21N3S/c1-4-12(5-2,16-3)9-15-10-6-7-14-11(13)8-10/h6-8H,4-5,9H2,1-3H3,(H3,13,14,15). The molecule has 90 valence electrons. The van der Waals surface area contributed by atoms with Crippen LogP contribution in [-0.2, 0) is 0 Å². The van der Waals surface area contributed by atoms with Crippen molar-refractivity contribution >= 4 is 23.3 Å². The molecule has 16 heavy (non-hydrogen) atoms. The zero-order chi connectivity index (χ0) is 12.0. The highest BCUT2D eigenvalue weighted by Gasteiger charge is 2.24. The highest BCUT2D eigenvalue weighted by molar-refractivity contribution is 8.00. The van der Waals surface area contributed by atoms with Crippen molar-refractivity contribution in [1.29, 1.82) is 0 Å². The molecule has 0 spiro atoms. The van der Waals surface area contributed by atoms with Gasteiger partial charge in [-0.3, -0.25) is 0 Å². The highest BCUT2D eigenvalue weighted by atomic mass is 32.2. The monoisotopic (exact) mass is 239 g/mol. The van der Waals surface area contributed by atoms with Crippen molar-refractivity contribution in [3.63, 3.8) is 0 Å². The summed E-state index contributed by atoms with van der Waals surface area (Å²) < 4.78 is 0.317. The van der Waals surface area contributed by atoms with Crippen LogP contribution in [0.3, 0.4) is 0 Å². The molecule has 0 saturated carbocycles. The van der Waals surface area contributed by atoms with Crippen LogP contribution in [0.4, 0.5) is 11.5 Å². The van der Waals surface area contributed by atoms with Crippen molar-refractivity contribution in [2.45, 2.75) is 31.4 Å². The number of nitrogen functional groups attached to an aromatic ring is 1. The van der Waals surface area contributed by atoms with Gasteiger partial charge in [-0.15, -0.1) is 0 Å². The number of aromatic nitrogens is 1. The molecule has 0 radical (unpaired) electrons. The number of nitrogens with two attached hydrogens (primary N) is 1. The van der Waals surface area contributed by atoms with Crippen LogP contribution in [0.2, 0.25) is 0 Å². The molecule has 0 aliphatic carbocycles. The van der Waals surface area contributed by atoms with Crippen LogP contribution < -0.4 is 11.1 Å². The third-order valence-electron chi connectivity index (χ3n) is 3.12. The fourth-order valence-corrected chi connectivity index (χ4v) is 2.48. The number of hydrogen-bond acceptors (Lipinski definition) is 4. The van der Waals surface area contributed by atoms with Gasteiger partial charge in [-0.2, -0.15) is 11.8 Å². The highest BCUT2D eigenvalue weighted by Crippen LogP contribution is 2.30. The Morgan fingerprint density at radius 2 is 2.12 bits per heavy atom.